The van der Waals surface area contributed by atoms with Gasteiger partial charge in [-0.3, -0.25) is 14.6 Å². The van der Waals surface area contributed by atoms with Crippen LogP contribution < -0.4 is 0 Å². The molecule has 0 saturated carbocycles. The first-order valence-corrected chi connectivity index (χ1v) is 7.03. The Balaban J connectivity index is 1.94. The van der Waals surface area contributed by atoms with Crippen LogP contribution in [0.1, 0.15) is 12.0 Å². The molecule has 1 saturated heterocycles. The van der Waals surface area contributed by atoms with Crippen molar-refractivity contribution in [3.63, 3.8) is 0 Å². The molecule has 6 heteroatoms. The molecule has 1 aromatic rings. The minimum Gasteiger partial charge on any atom is -0.480 e. The first-order valence-electron chi connectivity index (χ1n) is 6.65. The SMILES string of the molecule is O=C(O)CN1CCCN(Cc2cccc(F)c2Cl)CC1. The van der Waals surface area contributed by atoms with Crippen LogP contribution in [0.2, 0.25) is 5.02 Å². The monoisotopic (exact) mass is 300 g/mol. The summed E-state index contributed by atoms with van der Waals surface area (Å²) >= 11 is 5.96. The van der Waals surface area contributed by atoms with Crippen molar-refractivity contribution in [1.29, 1.82) is 0 Å². The first kappa shape index (κ1) is 15.2. The molecule has 0 aliphatic carbocycles. The Hall–Kier alpha value is -1.17. The Morgan fingerprint density at radius 3 is 2.70 bits per heavy atom. The highest BCUT2D eigenvalue weighted by Gasteiger charge is 2.18. The van der Waals surface area contributed by atoms with Gasteiger partial charge >= 0.3 is 5.97 Å². The van der Waals surface area contributed by atoms with E-state index in [0.29, 0.717) is 13.1 Å². The zero-order chi connectivity index (χ0) is 14.5. The number of hydrogen-bond donors (Lipinski definition) is 1. The largest absolute Gasteiger partial charge is 0.480 e. The van der Waals surface area contributed by atoms with Gasteiger partial charge < -0.3 is 5.11 Å². The number of nitrogens with zero attached hydrogens (tertiary/aromatic N) is 2. The Bertz CT molecular complexity index is 484. The van der Waals surface area contributed by atoms with Gasteiger partial charge in [-0.05, 0) is 24.6 Å². The van der Waals surface area contributed by atoms with Crippen LogP contribution in [0.3, 0.4) is 0 Å². The third-order valence-electron chi connectivity index (χ3n) is 3.47. The lowest BCUT2D eigenvalue weighted by Crippen LogP contribution is -2.34. The average Bonchev–Trinajstić information content (AvgIpc) is 2.60. The standard InChI is InChI=1S/C14H18ClFN2O2/c15-14-11(3-1-4-12(14)16)9-17-5-2-6-18(8-7-17)10-13(19)20/h1,3-4H,2,5-10H2,(H,19,20). The average molecular weight is 301 g/mol. The van der Waals surface area contributed by atoms with Crippen LogP contribution in [0.15, 0.2) is 18.2 Å². The van der Waals surface area contributed by atoms with Crippen LogP contribution in [0.5, 0.6) is 0 Å². The number of hydrogen-bond acceptors (Lipinski definition) is 3. The molecular formula is C14H18ClFN2O2. The number of rotatable bonds is 4. The summed E-state index contributed by atoms with van der Waals surface area (Å²) in [6.07, 6.45) is 0.903. The Labute approximate surface area is 122 Å². The zero-order valence-electron chi connectivity index (χ0n) is 11.2. The van der Waals surface area contributed by atoms with E-state index in [9.17, 15) is 9.18 Å². The van der Waals surface area contributed by atoms with Crippen LogP contribution >= 0.6 is 11.6 Å². The minimum atomic E-state index is -0.799. The van der Waals surface area contributed by atoms with Crippen molar-refractivity contribution in [2.45, 2.75) is 13.0 Å². The topological polar surface area (TPSA) is 43.8 Å². The highest BCUT2D eigenvalue weighted by molar-refractivity contribution is 6.31. The van der Waals surface area contributed by atoms with Gasteiger partial charge in [0.1, 0.15) is 5.82 Å². The van der Waals surface area contributed by atoms with E-state index in [0.717, 1.165) is 31.6 Å². The van der Waals surface area contributed by atoms with E-state index in [-0.39, 0.29) is 11.6 Å². The first-order chi connectivity index (χ1) is 9.56. The maximum Gasteiger partial charge on any atom is 0.317 e. The number of carbonyl (C=O) groups is 1. The molecule has 1 aliphatic rings. The van der Waals surface area contributed by atoms with Crippen molar-refractivity contribution >= 4 is 17.6 Å². The van der Waals surface area contributed by atoms with Crippen LogP contribution in [-0.2, 0) is 11.3 Å². The molecule has 0 spiro atoms. The van der Waals surface area contributed by atoms with E-state index in [1.165, 1.54) is 6.07 Å². The van der Waals surface area contributed by atoms with Crippen molar-refractivity contribution in [1.82, 2.24) is 9.80 Å². The molecule has 1 aliphatic heterocycles. The fourth-order valence-corrected chi connectivity index (χ4v) is 2.63. The number of carboxylic acids is 1. The summed E-state index contributed by atoms with van der Waals surface area (Å²) in [6.45, 7) is 3.79. The summed E-state index contributed by atoms with van der Waals surface area (Å²) in [5.41, 5.74) is 0.776. The number of benzene rings is 1. The molecule has 1 fully saturated rings. The molecule has 0 unspecified atom stereocenters. The van der Waals surface area contributed by atoms with Crippen LogP contribution in [0, 0.1) is 5.82 Å². The summed E-state index contributed by atoms with van der Waals surface area (Å²) in [5.74, 6) is -1.20. The lowest BCUT2D eigenvalue weighted by atomic mass is 10.2. The summed E-state index contributed by atoms with van der Waals surface area (Å²) in [6, 6.07) is 4.83. The third kappa shape index (κ3) is 4.16. The normalized spacial score (nSPS) is 17.9. The van der Waals surface area contributed by atoms with E-state index in [4.69, 9.17) is 16.7 Å². The second kappa shape index (κ2) is 7.02. The molecule has 1 N–H and O–H groups in total. The van der Waals surface area contributed by atoms with Gasteiger partial charge in [-0.25, -0.2) is 4.39 Å². The molecule has 0 radical (unpaired) electrons. The van der Waals surface area contributed by atoms with Crippen molar-refractivity contribution in [3.8, 4) is 0 Å². The second-order valence-electron chi connectivity index (χ2n) is 5.01. The van der Waals surface area contributed by atoms with Crippen molar-refractivity contribution < 1.29 is 14.3 Å². The maximum atomic E-state index is 13.4. The molecule has 1 heterocycles. The minimum absolute atomic E-state index is 0.0779. The Kier molecular flexibility index (Phi) is 5.34. The van der Waals surface area contributed by atoms with Gasteiger partial charge in [0, 0.05) is 26.2 Å². The lowest BCUT2D eigenvalue weighted by Gasteiger charge is -2.21. The highest BCUT2D eigenvalue weighted by atomic mass is 35.5. The molecule has 2 rings (SSSR count). The van der Waals surface area contributed by atoms with Gasteiger partial charge in [0.2, 0.25) is 0 Å². The van der Waals surface area contributed by atoms with Crippen LogP contribution in [0.25, 0.3) is 0 Å². The Morgan fingerprint density at radius 1 is 1.25 bits per heavy atom. The molecule has 1 aromatic carbocycles. The highest BCUT2D eigenvalue weighted by Crippen LogP contribution is 2.21. The summed E-state index contributed by atoms with van der Waals surface area (Å²) < 4.78 is 13.4. The van der Waals surface area contributed by atoms with Gasteiger partial charge in [-0.15, -0.1) is 0 Å². The molecule has 4 nitrogen and oxygen atoms in total. The van der Waals surface area contributed by atoms with Gasteiger partial charge in [0.05, 0.1) is 11.6 Å². The molecule has 110 valence electrons. The van der Waals surface area contributed by atoms with Crippen LogP contribution in [-0.4, -0.2) is 53.6 Å². The zero-order valence-corrected chi connectivity index (χ0v) is 11.9. The molecule has 20 heavy (non-hydrogen) atoms. The number of carboxylic acid groups (broad SMARTS) is 1. The maximum absolute atomic E-state index is 13.4. The van der Waals surface area contributed by atoms with Crippen LogP contribution in [0.4, 0.5) is 4.39 Å². The van der Waals surface area contributed by atoms with E-state index < -0.39 is 11.8 Å². The van der Waals surface area contributed by atoms with Crippen molar-refractivity contribution in [3.05, 3.63) is 34.6 Å². The van der Waals surface area contributed by atoms with E-state index in [2.05, 4.69) is 4.90 Å². The molecule has 0 aromatic heterocycles. The van der Waals surface area contributed by atoms with Gasteiger partial charge in [0.15, 0.2) is 0 Å². The summed E-state index contributed by atoms with van der Waals surface area (Å²) in [4.78, 5) is 14.8. The number of aliphatic carboxylic acids is 1. The smallest absolute Gasteiger partial charge is 0.317 e. The quantitative estimate of drug-likeness (QED) is 0.924. The molecule has 0 bridgehead atoms. The van der Waals surface area contributed by atoms with Crippen molar-refractivity contribution in [2.24, 2.45) is 0 Å². The van der Waals surface area contributed by atoms with E-state index in [1.54, 1.807) is 6.07 Å². The summed E-state index contributed by atoms with van der Waals surface area (Å²) in [5, 5.41) is 8.99. The van der Waals surface area contributed by atoms with Gasteiger partial charge in [-0.2, -0.15) is 0 Å². The molecule has 0 amide bonds. The predicted molar refractivity (Wildman–Crippen MR) is 75.4 cm³/mol. The van der Waals surface area contributed by atoms with Gasteiger partial charge in [0.25, 0.3) is 0 Å². The number of halogens is 2. The molecule has 0 atom stereocenters. The van der Waals surface area contributed by atoms with E-state index in [1.807, 2.05) is 11.0 Å². The summed E-state index contributed by atoms with van der Waals surface area (Å²) in [7, 11) is 0. The van der Waals surface area contributed by atoms with Crippen molar-refractivity contribution in [2.75, 3.05) is 32.7 Å². The van der Waals surface area contributed by atoms with Gasteiger partial charge in [-0.1, -0.05) is 23.7 Å². The van der Waals surface area contributed by atoms with E-state index >= 15 is 0 Å². The Morgan fingerprint density at radius 2 is 1.95 bits per heavy atom. The fraction of sp³-hybridized carbons (Fsp3) is 0.500. The fourth-order valence-electron chi connectivity index (χ4n) is 2.44. The predicted octanol–water partition coefficient (Wildman–Crippen LogP) is 2.07. The second-order valence-corrected chi connectivity index (χ2v) is 5.39. The molecular weight excluding hydrogens is 283 g/mol. The lowest BCUT2D eigenvalue weighted by molar-refractivity contribution is -0.138. The third-order valence-corrected chi connectivity index (χ3v) is 3.89.